The maximum absolute atomic E-state index is 11.7. The molecule has 4 saturated carbocycles. The lowest BCUT2D eigenvalue weighted by molar-refractivity contribution is -0.172. The van der Waals surface area contributed by atoms with Crippen LogP contribution in [0.25, 0.3) is 0 Å². The first kappa shape index (κ1) is 25.4. The number of hydrogen-bond acceptors (Lipinski definition) is 6. The molecule has 190 valence electrons. The molecule has 0 heterocycles. The molecule has 0 aromatic heterocycles. The zero-order valence-corrected chi connectivity index (χ0v) is 21.9. The first-order valence-corrected chi connectivity index (χ1v) is 14.8. The van der Waals surface area contributed by atoms with E-state index in [1.165, 1.54) is 26.4 Å². The van der Waals surface area contributed by atoms with E-state index in [2.05, 4.69) is 20.8 Å². The van der Waals surface area contributed by atoms with E-state index in [-0.39, 0.29) is 29.0 Å². The Kier molecular flexibility index (Phi) is 7.00. The van der Waals surface area contributed by atoms with Gasteiger partial charge in [-0.25, -0.2) is 0 Å². The van der Waals surface area contributed by atoms with Gasteiger partial charge in [-0.15, -0.1) is 0 Å². The Morgan fingerprint density at radius 2 is 1.73 bits per heavy atom. The van der Waals surface area contributed by atoms with Gasteiger partial charge in [-0.3, -0.25) is 8.98 Å². The lowest BCUT2D eigenvalue weighted by Gasteiger charge is -2.62. The molecule has 0 aromatic rings. The second-order valence-corrected chi connectivity index (χ2v) is 13.9. The predicted octanol–water partition coefficient (Wildman–Crippen LogP) is 4.55. The van der Waals surface area contributed by atoms with Gasteiger partial charge in [0.25, 0.3) is 10.1 Å². The Morgan fingerprint density at radius 1 is 1.06 bits per heavy atom. The number of rotatable bonds is 6. The van der Waals surface area contributed by atoms with Crippen molar-refractivity contribution in [1.82, 2.24) is 0 Å². The first-order valence-electron chi connectivity index (χ1n) is 13.0. The molecule has 6 nitrogen and oxygen atoms in total. The summed E-state index contributed by atoms with van der Waals surface area (Å²) >= 11 is 0. The number of carbonyl (C=O) groups is 1. The average Bonchev–Trinajstić information content (AvgIpc) is 3.09. The molecule has 4 aliphatic rings. The smallest absolute Gasteiger partial charge is 0.305 e. The van der Waals surface area contributed by atoms with Crippen LogP contribution < -0.4 is 0 Å². The van der Waals surface area contributed by atoms with Crippen LogP contribution in [0.5, 0.6) is 0 Å². The van der Waals surface area contributed by atoms with Crippen LogP contribution in [0.3, 0.4) is 0 Å². The Hall–Kier alpha value is -0.660. The molecule has 0 spiro atoms. The summed E-state index contributed by atoms with van der Waals surface area (Å²) in [5, 5.41) is 11.5. The molecule has 4 fully saturated rings. The summed E-state index contributed by atoms with van der Waals surface area (Å²) < 4.78 is 33.6. The SMILES string of the molecule is COC(=O)CC[C@@H](C)[C@H]1CC[C@H]2[C@@H]3[C@H](O)CC4C[C@H](OS(C)(=O)=O)CC[C@]4(C)[C@H]3CC[C@]12C. The normalized spacial score (nSPS) is 46.1. The number of aliphatic hydroxyl groups is 1. The summed E-state index contributed by atoms with van der Waals surface area (Å²) in [6, 6.07) is 0. The summed E-state index contributed by atoms with van der Waals surface area (Å²) in [5.41, 5.74) is 0.370. The fourth-order valence-corrected chi connectivity index (χ4v) is 9.81. The van der Waals surface area contributed by atoms with Crippen molar-refractivity contribution < 1.29 is 27.2 Å². The van der Waals surface area contributed by atoms with Crippen molar-refractivity contribution in [1.29, 1.82) is 0 Å². The van der Waals surface area contributed by atoms with Gasteiger partial charge >= 0.3 is 5.97 Å². The van der Waals surface area contributed by atoms with Crippen molar-refractivity contribution in [3.63, 3.8) is 0 Å². The van der Waals surface area contributed by atoms with Crippen LogP contribution in [0.2, 0.25) is 0 Å². The number of carbonyl (C=O) groups excluding carboxylic acids is 1. The van der Waals surface area contributed by atoms with Gasteiger partial charge in [0.05, 0.1) is 25.6 Å². The predicted molar refractivity (Wildman–Crippen MR) is 127 cm³/mol. The van der Waals surface area contributed by atoms with Crippen molar-refractivity contribution in [2.24, 2.45) is 46.3 Å². The molecule has 0 aromatic carbocycles. The molecule has 7 heteroatoms. The Bertz CT molecular complexity index is 842. The lowest BCUT2D eigenvalue weighted by Crippen LogP contribution is -2.58. The van der Waals surface area contributed by atoms with E-state index in [1.807, 2.05) is 0 Å². The van der Waals surface area contributed by atoms with Crippen molar-refractivity contribution >= 4 is 16.1 Å². The van der Waals surface area contributed by atoms with Crippen LogP contribution >= 0.6 is 0 Å². The van der Waals surface area contributed by atoms with Crippen LogP contribution in [-0.2, 0) is 23.8 Å². The molecule has 33 heavy (non-hydrogen) atoms. The van der Waals surface area contributed by atoms with Crippen molar-refractivity contribution in [3.05, 3.63) is 0 Å². The Morgan fingerprint density at radius 3 is 2.39 bits per heavy atom. The number of ether oxygens (including phenoxy) is 1. The van der Waals surface area contributed by atoms with Gasteiger partial charge < -0.3 is 9.84 Å². The van der Waals surface area contributed by atoms with E-state index >= 15 is 0 Å². The van der Waals surface area contributed by atoms with E-state index in [0.29, 0.717) is 41.9 Å². The fourth-order valence-electron chi connectivity index (χ4n) is 9.14. The summed E-state index contributed by atoms with van der Waals surface area (Å²) in [6.45, 7) is 7.16. The topological polar surface area (TPSA) is 89.9 Å². The fraction of sp³-hybridized carbons (Fsp3) is 0.962. The monoisotopic (exact) mass is 484 g/mol. The third-order valence-electron chi connectivity index (χ3n) is 10.7. The Labute approximate surface area is 200 Å². The van der Waals surface area contributed by atoms with E-state index in [0.717, 1.165) is 44.8 Å². The number of hydrogen-bond donors (Lipinski definition) is 1. The highest BCUT2D eigenvalue weighted by Gasteiger charge is 2.63. The zero-order chi connectivity index (χ0) is 24.2. The molecular formula is C26H44O6S. The average molecular weight is 485 g/mol. The van der Waals surface area contributed by atoms with Gasteiger partial charge in [-0.1, -0.05) is 20.8 Å². The van der Waals surface area contributed by atoms with Crippen LogP contribution in [0.4, 0.5) is 0 Å². The summed E-state index contributed by atoms with van der Waals surface area (Å²) in [6.07, 6.45) is 9.87. The molecular weight excluding hydrogens is 440 g/mol. The summed E-state index contributed by atoms with van der Waals surface area (Å²) in [5.74, 6) is 2.60. The minimum Gasteiger partial charge on any atom is -0.469 e. The lowest BCUT2D eigenvalue weighted by atomic mass is 9.43. The molecule has 0 bridgehead atoms. The van der Waals surface area contributed by atoms with Gasteiger partial charge in [0, 0.05) is 6.42 Å². The highest BCUT2D eigenvalue weighted by atomic mass is 32.2. The quantitative estimate of drug-likeness (QED) is 0.439. The largest absolute Gasteiger partial charge is 0.469 e. The molecule has 0 aliphatic heterocycles. The van der Waals surface area contributed by atoms with Crippen molar-refractivity contribution in [2.75, 3.05) is 13.4 Å². The van der Waals surface area contributed by atoms with Crippen molar-refractivity contribution in [3.8, 4) is 0 Å². The molecule has 0 radical (unpaired) electrons. The highest BCUT2D eigenvalue weighted by Crippen LogP contribution is 2.68. The van der Waals surface area contributed by atoms with E-state index < -0.39 is 10.1 Å². The molecule has 10 atom stereocenters. The van der Waals surface area contributed by atoms with E-state index in [4.69, 9.17) is 8.92 Å². The van der Waals surface area contributed by atoms with Gasteiger partial charge in [0.2, 0.25) is 0 Å². The first-order chi connectivity index (χ1) is 15.4. The maximum Gasteiger partial charge on any atom is 0.305 e. The molecule has 0 amide bonds. The van der Waals surface area contributed by atoms with Crippen LogP contribution in [-0.4, -0.2) is 45.1 Å². The summed E-state index contributed by atoms with van der Waals surface area (Å²) in [4.78, 5) is 11.7. The summed E-state index contributed by atoms with van der Waals surface area (Å²) in [7, 11) is -2.00. The van der Waals surface area contributed by atoms with Gasteiger partial charge in [0.1, 0.15) is 0 Å². The zero-order valence-electron chi connectivity index (χ0n) is 21.1. The van der Waals surface area contributed by atoms with Gasteiger partial charge in [0.15, 0.2) is 0 Å². The van der Waals surface area contributed by atoms with E-state index in [1.54, 1.807) is 0 Å². The molecule has 4 aliphatic carbocycles. The van der Waals surface area contributed by atoms with Gasteiger partial charge in [-0.2, -0.15) is 8.42 Å². The van der Waals surface area contributed by atoms with Crippen LogP contribution in [0.15, 0.2) is 0 Å². The van der Waals surface area contributed by atoms with Crippen molar-refractivity contribution in [2.45, 2.75) is 97.2 Å². The second-order valence-electron chi connectivity index (χ2n) is 12.3. The minimum absolute atomic E-state index is 0.123. The van der Waals surface area contributed by atoms with Gasteiger partial charge in [-0.05, 0) is 104 Å². The molecule has 1 N–H and O–H groups in total. The minimum atomic E-state index is -3.46. The van der Waals surface area contributed by atoms with E-state index in [9.17, 15) is 18.3 Å². The number of methoxy groups -OCH3 is 1. The Balaban J connectivity index is 1.50. The second kappa shape index (κ2) is 9.09. The molecule has 0 saturated heterocycles. The third kappa shape index (κ3) is 4.63. The highest BCUT2D eigenvalue weighted by molar-refractivity contribution is 7.86. The van der Waals surface area contributed by atoms with Crippen LogP contribution in [0, 0.1) is 46.3 Å². The number of aliphatic hydroxyl groups excluding tert-OH is 1. The number of fused-ring (bicyclic) bond motifs is 5. The molecule has 4 rings (SSSR count). The standard InChI is InChI=1S/C26H44O6S/c1-16(6-9-23(28)31-4)19-7-8-20-24-21(11-13-26(19,20)3)25(2)12-10-18(32-33(5,29)30)14-17(25)15-22(24)27/h16-22,24,27H,6-15H2,1-5H3/t16-,17?,18-,19-,20+,21+,22-,24+,25+,26-/m1/s1. The molecule has 1 unspecified atom stereocenters. The van der Waals surface area contributed by atoms with Crippen LogP contribution in [0.1, 0.15) is 85.0 Å². The third-order valence-corrected chi connectivity index (χ3v) is 11.4. The maximum atomic E-state index is 11.7. The number of esters is 1.